The van der Waals surface area contributed by atoms with Crippen molar-refractivity contribution in [1.29, 1.82) is 0 Å². The van der Waals surface area contributed by atoms with Crippen LogP contribution in [0.2, 0.25) is 6.82 Å². The van der Waals surface area contributed by atoms with Crippen LogP contribution >= 0.6 is 0 Å². The molecule has 0 aromatic rings. The molecule has 0 spiro atoms. The second-order valence-corrected chi connectivity index (χ2v) is 6.98. The summed E-state index contributed by atoms with van der Waals surface area (Å²) in [4.78, 5) is 39.4. The van der Waals surface area contributed by atoms with Gasteiger partial charge in [-0.2, -0.15) is 0 Å². The molecule has 2 amide bonds. The van der Waals surface area contributed by atoms with E-state index in [-0.39, 0.29) is 12.4 Å². The smallest absolute Gasteiger partial charge is 0.309 e. The maximum atomic E-state index is 11.8. The minimum absolute atomic E-state index is 0.109. The average Bonchev–Trinajstić information content (AvgIpc) is 3.00. The fourth-order valence-electron chi connectivity index (χ4n) is 3.65. The Morgan fingerprint density at radius 2 is 1.93 bits per heavy atom. The summed E-state index contributed by atoms with van der Waals surface area (Å²) in [6, 6.07) is -2.20. The highest BCUT2D eigenvalue weighted by Gasteiger charge is 2.53. The lowest BCUT2D eigenvalue weighted by atomic mass is 9.85. The van der Waals surface area contributed by atoms with E-state index in [1.807, 2.05) is 0 Å². The second-order valence-electron chi connectivity index (χ2n) is 6.98. The van der Waals surface area contributed by atoms with Gasteiger partial charge in [0.2, 0.25) is 19.2 Å². The monoisotopic (exact) mass is 430 g/mol. The SMILES string of the molecule is C[B]NC(=O)CO[C@H]1[C@@H]([C@H](NC(C)=O)[C@@H](O)[C@@H](O)CO)[C@H](N=C(N)N)C[C@@H]1C(=O)O. The van der Waals surface area contributed by atoms with Gasteiger partial charge in [0.25, 0.3) is 0 Å². The molecule has 1 aliphatic rings. The molecular weight excluding hydrogens is 401 g/mol. The predicted molar refractivity (Wildman–Crippen MR) is 105 cm³/mol. The number of carbonyl (C=O) groups is 3. The Labute approximate surface area is 174 Å². The van der Waals surface area contributed by atoms with Gasteiger partial charge in [-0.05, 0) is 6.42 Å². The van der Waals surface area contributed by atoms with Crippen LogP contribution in [0.15, 0.2) is 4.99 Å². The van der Waals surface area contributed by atoms with Crippen molar-refractivity contribution in [2.24, 2.45) is 28.3 Å². The number of amides is 2. The van der Waals surface area contributed by atoms with Crippen molar-refractivity contribution >= 4 is 31.2 Å². The third kappa shape index (κ3) is 6.83. The van der Waals surface area contributed by atoms with E-state index in [2.05, 4.69) is 15.5 Å². The number of carboxylic acids is 1. The fourth-order valence-corrected chi connectivity index (χ4v) is 3.65. The number of aliphatic hydroxyl groups is 3. The summed E-state index contributed by atoms with van der Waals surface area (Å²) >= 11 is 0. The first-order chi connectivity index (χ1) is 14.0. The second kappa shape index (κ2) is 11.7. The molecule has 0 aliphatic heterocycles. The Morgan fingerprint density at radius 3 is 2.40 bits per heavy atom. The molecule has 0 heterocycles. The Hall–Kier alpha value is -2.42. The van der Waals surface area contributed by atoms with E-state index >= 15 is 0 Å². The van der Waals surface area contributed by atoms with Crippen molar-refractivity contribution in [3.05, 3.63) is 0 Å². The van der Waals surface area contributed by atoms with Crippen LogP contribution in [0.1, 0.15) is 13.3 Å². The molecule has 0 aromatic heterocycles. The van der Waals surface area contributed by atoms with Gasteiger partial charge in [-0.3, -0.25) is 14.4 Å². The van der Waals surface area contributed by atoms with Crippen molar-refractivity contribution in [1.82, 2.24) is 10.5 Å². The zero-order valence-electron chi connectivity index (χ0n) is 16.8. The molecule has 0 aromatic carbocycles. The molecule has 169 valence electrons. The van der Waals surface area contributed by atoms with Gasteiger partial charge in [0.15, 0.2) is 5.96 Å². The summed E-state index contributed by atoms with van der Waals surface area (Å²) in [6.45, 7) is 1.41. The first kappa shape index (κ1) is 25.6. The molecule has 0 saturated heterocycles. The molecule has 1 aliphatic carbocycles. The van der Waals surface area contributed by atoms with Crippen molar-refractivity contribution in [2.75, 3.05) is 13.2 Å². The van der Waals surface area contributed by atoms with E-state index in [0.717, 1.165) is 6.92 Å². The molecule has 1 fully saturated rings. The summed E-state index contributed by atoms with van der Waals surface area (Å²) in [6.07, 6.45) is -4.65. The van der Waals surface area contributed by atoms with Gasteiger partial charge >= 0.3 is 5.97 Å². The number of aliphatic hydroxyl groups excluding tert-OH is 3. The van der Waals surface area contributed by atoms with Crippen LogP contribution in [0.25, 0.3) is 0 Å². The molecule has 30 heavy (non-hydrogen) atoms. The summed E-state index contributed by atoms with van der Waals surface area (Å²) in [5, 5.41) is 44.1. The third-order valence-corrected chi connectivity index (χ3v) is 4.79. The average molecular weight is 430 g/mol. The van der Waals surface area contributed by atoms with Crippen molar-refractivity contribution in [3.63, 3.8) is 0 Å². The van der Waals surface area contributed by atoms with Crippen LogP contribution in [0, 0.1) is 11.8 Å². The van der Waals surface area contributed by atoms with Gasteiger partial charge in [-0.1, -0.05) is 6.82 Å². The zero-order valence-corrected chi connectivity index (χ0v) is 16.8. The van der Waals surface area contributed by atoms with Gasteiger partial charge in [-0.25, -0.2) is 4.99 Å². The van der Waals surface area contributed by atoms with Crippen LogP contribution in [0.5, 0.6) is 0 Å². The quantitative estimate of drug-likeness (QED) is 0.0893. The highest BCUT2D eigenvalue weighted by molar-refractivity contribution is 6.35. The number of hydrogen-bond acceptors (Lipinski definition) is 8. The standard InChI is InChI=1S/C16H29BN5O8/c1-6(24)20-12(13(27)9(25)4-23)11-8(21-16(18)19)3-7(15(28)29)14(11)30-5-10(26)22-17-2/h7-9,11-14,23,25,27H,3-5H2,1-2H3,(H,20,24)(H,22,26)(H,28,29)(H4,18,19,21)/t7-,8+,9-,11+,12-,13-,14+/m0/s1. The van der Waals surface area contributed by atoms with E-state index < -0.39 is 73.2 Å². The minimum atomic E-state index is -1.70. The highest BCUT2D eigenvalue weighted by atomic mass is 16.5. The maximum absolute atomic E-state index is 11.8. The van der Waals surface area contributed by atoms with Crippen LogP contribution in [0.4, 0.5) is 0 Å². The Kier molecular flexibility index (Phi) is 9.98. The number of hydrogen-bond donors (Lipinski definition) is 8. The lowest BCUT2D eigenvalue weighted by Gasteiger charge is -2.36. The van der Waals surface area contributed by atoms with E-state index in [9.17, 15) is 34.8 Å². The normalized spacial score (nSPS) is 26.2. The van der Waals surface area contributed by atoms with Gasteiger partial charge in [0, 0.05) is 12.8 Å². The number of nitrogens with zero attached hydrogens (tertiary/aromatic N) is 1. The molecule has 1 saturated carbocycles. The number of nitrogens with two attached hydrogens (primary N) is 2. The van der Waals surface area contributed by atoms with E-state index in [4.69, 9.17) is 16.2 Å². The van der Waals surface area contributed by atoms with Crippen LogP contribution < -0.4 is 22.0 Å². The lowest BCUT2D eigenvalue weighted by Crippen LogP contribution is -2.57. The number of aliphatic carboxylic acids is 1. The number of aliphatic imine (C=N–C) groups is 1. The predicted octanol–water partition coefficient (Wildman–Crippen LogP) is -4.26. The highest BCUT2D eigenvalue weighted by Crippen LogP contribution is 2.39. The number of carboxylic acid groups (broad SMARTS) is 1. The number of ether oxygens (including phenoxy) is 1. The Bertz CT molecular complexity index is 647. The van der Waals surface area contributed by atoms with Crippen molar-refractivity contribution in [2.45, 2.75) is 50.6 Å². The summed E-state index contributed by atoms with van der Waals surface area (Å²) in [7, 11) is 1.37. The van der Waals surface area contributed by atoms with Gasteiger partial charge < -0.3 is 47.2 Å². The van der Waals surface area contributed by atoms with E-state index in [0.29, 0.717) is 0 Å². The number of rotatable bonds is 11. The van der Waals surface area contributed by atoms with Crippen molar-refractivity contribution in [3.8, 4) is 0 Å². The molecule has 1 radical (unpaired) electrons. The molecule has 0 unspecified atom stereocenters. The zero-order chi connectivity index (χ0) is 23.0. The van der Waals surface area contributed by atoms with E-state index in [1.165, 1.54) is 7.41 Å². The first-order valence-electron chi connectivity index (χ1n) is 9.27. The van der Waals surface area contributed by atoms with Crippen LogP contribution in [-0.4, -0.2) is 95.2 Å². The van der Waals surface area contributed by atoms with Crippen LogP contribution in [0.3, 0.4) is 0 Å². The molecule has 13 nitrogen and oxygen atoms in total. The first-order valence-corrected chi connectivity index (χ1v) is 9.27. The Balaban J connectivity index is 3.38. The van der Waals surface area contributed by atoms with E-state index in [1.54, 1.807) is 6.82 Å². The molecule has 0 bridgehead atoms. The maximum Gasteiger partial charge on any atom is 0.309 e. The molecule has 10 N–H and O–H groups in total. The van der Waals surface area contributed by atoms with Crippen molar-refractivity contribution < 1.29 is 39.5 Å². The van der Waals surface area contributed by atoms with Gasteiger partial charge in [0.05, 0.1) is 30.7 Å². The van der Waals surface area contributed by atoms with Crippen LogP contribution in [-0.2, 0) is 19.1 Å². The summed E-state index contributed by atoms with van der Waals surface area (Å²) in [5.74, 6) is -4.95. The fraction of sp³-hybridized carbons (Fsp3) is 0.750. The topological polar surface area (TPSA) is 230 Å². The number of nitrogens with one attached hydrogen (secondary N) is 2. The molecule has 7 atom stereocenters. The largest absolute Gasteiger partial charge is 0.481 e. The number of guanidine groups is 1. The number of carbonyl (C=O) groups excluding carboxylic acids is 2. The molecule has 14 heteroatoms. The Morgan fingerprint density at radius 1 is 1.30 bits per heavy atom. The van der Waals surface area contributed by atoms with Gasteiger partial charge in [0.1, 0.15) is 18.8 Å². The molecule has 1 rings (SSSR count). The summed E-state index contributed by atoms with van der Waals surface area (Å²) < 4.78 is 5.57. The molecular formula is C16H29BN5O8. The lowest BCUT2D eigenvalue weighted by molar-refractivity contribution is -0.150. The minimum Gasteiger partial charge on any atom is -0.481 e. The third-order valence-electron chi connectivity index (χ3n) is 4.79. The van der Waals surface area contributed by atoms with Gasteiger partial charge in [-0.15, -0.1) is 0 Å². The summed E-state index contributed by atoms with van der Waals surface area (Å²) in [5.41, 5.74) is 10.9.